The maximum Gasteiger partial charge on any atom is 0.140 e. The molecule has 1 saturated carbocycles. The van der Waals surface area contributed by atoms with Gasteiger partial charge < -0.3 is 0 Å². The summed E-state index contributed by atoms with van der Waals surface area (Å²) in [6.45, 7) is 0. The van der Waals surface area contributed by atoms with Crippen molar-refractivity contribution >= 4 is 29.0 Å². The van der Waals surface area contributed by atoms with Crippen LogP contribution >= 0.6 is 23.2 Å². The van der Waals surface area contributed by atoms with Crippen molar-refractivity contribution < 1.29 is 4.79 Å². The van der Waals surface area contributed by atoms with Gasteiger partial charge in [-0.15, -0.1) is 0 Å². The third-order valence-corrected chi connectivity index (χ3v) is 3.39. The van der Waals surface area contributed by atoms with Crippen LogP contribution < -0.4 is 0 Å². The second kappa shape index (κ2) is 3.92. The van der Waals surface area contributed by atoms with E-state index in [2.05, 4.69) is 0 Å². The molecular formula is C11H10Cl2O. The van der Waals surface area contributed by atoms with E-state index < -0.39 is 0 Å². The van der Waals surface area contributed by atoms with Crippen LogP contribution in [0.3, 0.4) is 0 Å². The zero-order valence-corrected chi connectivity index (χ0v) is 9.11. The monoisotopic (exact) mass is 228 g/mol. The van der Waals surface area contributed by atoms with Gasteiger partial charge in [-0.05, 0) is 30.5 Å². The van der Waals surface area contributed by atoms with E-state index in [0.717, 1.165) is 18.4 Å². The quantitative estimate of drug-likeness (QED) is 0.715. The number of benzene rings is 1. The zero-order chi connectivity index (χ0) is 10.1. The Bertz CT molecular complexity index is 374. The van der Waals surface area contributed by atoms with Gasteiger partial charge in [-0.1, -0.05) is 29.3 Å². The Morgan fingerprint density at radius 2 is 2.00 bits per heavy atom. The van der Waals surface area contributed by atoms with Crippen LogP contribution in [0.5, 0.6) is 0 Å². The van der Waals surface area contributed by atoms with E-state index in [0.29, 0.717) is 22.2 Å². The fourth-order valence-corrected chi connectivity index (χ4v) is 2.20. The van der Waals surface area contributed by atoms with E-state index >= 15 is 0 Å². The maximum atomic E-state index is 11.5. The predicted octanol–water partition coefficient (Wildman–Crippen LogP) is 3.83. The van der Waals surface area contributed by atoms with Gasteiger partial charge in [0.25, 0.3) is 0 Å². The van der Waals surface area contributed by atoms with E-state index in [4.69, 9.17) is 23.2 Å². The molecular weight excluding hydrogens is 219 g/mol. The topological polar surface area (TPSA) is 17.1 Å². The molecule has 14 heavy (non-hydrogen) atoms. The highest BCUT2D eigenvalue weighted by Crippen LogP contribution is 2.34. The summed E-state index contributed by atoms with van der Waals surface area (Å²) in [7, 11) is 0. The van der Waals surface area contributed by atoms with E-state index in [-0.39, 0.29) is 5.92 Å². The molecule has 0 N–H and O–H groups in total. The van der Waals surface area contributed by atoms with Gasteiger partial charge in [0.1, 0.15) is 5.78 Å². The van der Waals surface area contributed by atoms with Crippen molar-refractivity contribution in [3.05, 3.63) is 33.8 Å². The minimum Gasteiger partial charge on any atom is -0.299 e. The average Bonchev–Trinajstić information content (AvgIpc) is 2.57. The van der Waals surface area contributed by atoms with Crippen molar-refractivity contribution in [3.63, 3.8) is 0 Å². The molecule has 0 spiro atoms. The molecule has 1 atom stereocenters. The standard InChI is InChI=1S/C11H10Cl2O/c12-9-5-4-7(6-10(9)13)8-2-1-3-11(8)14/h4-6,8H,1-3H2. The molecule has 0 aliphatic heterocycles. The molecule has 0 saturated heterocycles. The van der Waals surface area contributed by atoms with Crippen LogP contribution in [0.1, 0.15) is 30.7 Å². The number of hydrogen-bond acceptors (Lipinski definition) is 1. The van der Waals surface area contributed by atoms with Crippen molar-refractivity contribution in [2.45, 2.75) is 25.2 Å². The van der Waals surface area contributed by atoms with Gasteiger partial charge in [-0.25, -0.2) is 0 Å². The van der Waals surface area contributed by atoms with Gasteiger partial charge in [-0.3, -0.25) is 4.79 Å². The van der Waals surface area contributed by atoms with Crippen molar-refractivity contribution in [1.82, 2.24) is 0 Å². The smallest absolute Gasteiger partial charge is 0.140 e. The first-order chi connectivity index (χ1) is 6.68. The van der Waals surface area contributed by atoms with Crippen LogP contribution in [0, 0.1) is 0 Å². The van der Waals surface area contributed by atoms with E-state index in [1.54, 1.807) is 12.1 Å². The summed E-state index contributed by atoms with van der Waals surface area (Å²) in [5, 5.41) is 1.07. The number of Topliss-reactive ketones (excluding diaryl/α,β-unsaturated/α-hetero) is 1. The second-order valence-electron chi connectivity index (χ2n) is 3.58. The molecule has 0 aromatic heterocycles. The molecule has 0 heterocycles. The fraction of sp³-hybridized carbons (Fsp3) is 0.364. The van der Waals surface area contributed by atoms with Crippen molar-refractivity contribution in [2.75, 3.05) is 0 Å². The first kappa shape index (κ1) is 10.0. The highest BCUT2D eigenvalue weighted by atomic mass is 35.5. The average molecular weight is 229 g/mol. The fourth-order valence-electron chi connectivity index (χ4n) is 1.90. The number of rotatable bonds is 1. The lowest BCUT2D eigenvalue weighted by molar-refractivity contribution is -0.118. The van der Waals surface area contributed by atoms with Gasteiger partial charge in [0.15, 0.2) is 0 Å². The SMILES string of the molecule is O=C1CCCC1c1ccc(Cl)c(Cl)c1. The largest absolute Gasteiger partial charge is 0.299 e. The molecule has 2 rings (SSSR count). The summed E-state index contributed by atoms with van der Waals surface area (Å²) in [5.74, 6) is 0.369. The Hall–Kier alpha value is -0.530. The highest BCUT2D eigenvalue weighted by Gasteiger charge is 2.26. The highest BCUT2D eigenvalue weighted by molar-refractivity contribution is 6.42. The summed E-state index contributed by atoms with van der Waals surface area (Å²) in [6.07, 6.45) is 2.63. The van der Waals surface area contributed by atoms with Gasteiger partial charge in [-0.2, -0.15) is 0 Å². The van der Waals surface area contributed by atoms with Crippen LogP contribution in [0.25, 0.3) is 0 Å². The summed E-state index contributed by atoms with van der Waals surface area (Å²) >= 11 is 11.7. The Morgan fingerprint density at radius 3 is 2.57 bits per heavy atom. The second-order valence-corrected chi connectivity index (χ2v) is 4.40. The van der Waals surface area contributed by atoms with Crippen LogP contribution in [0.15, 0.2) is 18.2 Å². The molecule has 1 aromatic rings. The molecule has 1 aliphatic carbocycles. The molecule has 1 nitrogen and oxygen atoms in total. The summed E-state index contributed by atoms with van der Waals surface area (Å²) in [5.41, 5.74) is 1.00. The Kier molecular flexibility index (Phi) is 2.80. The van der Waals surface area contributed by atoms with E-state index in [9.17, 15) is 4.79 Å². The third-order valence-electron chi connectivity index (χ3n) is 2.65. The first-order valence-corrected chi connectivity index (χ1v) is 5.42. The van der Waals surface area contributed by atoms with Crippen LogP contribution in [-0.4, -0.2) is 5.78 Å². The predicted molar refractivity (Wildman–Crippen MR) is 58.1 cm³/mol. The molecule has 1 aliphatic rings. The lowest BCUT2D eigenvalue weighted by Gasteiger charge is -2.08. The number of hydrogen-bond donors (Lipinski definition) is 0. The van der Waals surface area contributed by atoms with Crippen LogP contribution in [-0.2, 0) is 4.79 Å². The molecule has 74 valence electrons. The van der Waals surface area contributed by atoms with Gasteiger partial charge >= 0.3 is 0 Å². The maximum absolute atomic E-state index is 11.5. The van der Waals surface area contributed by atoms with Crippen LogP contribution in [0.4, 0.5) is 0 Å². The van der Waals surface area contributed by atoms with Gasteiger partial charge in [0, 0.05) is 12.3 Å². The van der Waals surface area contributed by atoms with Crippen molar-refractivity contribution in [2.24, 2.45) is 0 Å². The molecule has 1 fully saturated rings. The lowest BCUT2D eigenvalue weighted by atomic mass is 9.97. The normalized spacial score (nSPS) is 21.6. The van der Waals surface area contributed by atoms with Crippen molar-refractivity contribution in [1.29, 1.82) is 0 Å². The Labute approximate surface area is 93.0 Å². The molecule has 0 radical (unpaired) electrons. The van der Waals surface area contributed by atoms with Gasteiger partial charge in [0.05, 0.1) is 10.0 Å². The first-order valence-electron chi connectivity index (χ1n) is 4.66. The molecule has 1 unspecified atom stereocenters. The number of halogens is 2. The minimum absolute atomic E-state index is 0.0461. The minimum atomic E-state index is 0.0461. The number of carbonyl (C=O) groups excluding carboxylic acids is 1. The lowest BCUT2D eigenvalue weighted by Crippen LogP contribution is -2.03. The van der Waals surface area contributed by atoms with Crippen LogP contribution in [0.2, 0.25) is 10.0 Å². The third kappa shape index (κ3) is 1.79. The zero-order valence-electron chi connectivity index (χ0n) is 7.59. The number of ketones is 1. The molecule has 0 amide bonds. The Balaban J connectivity index is 2.32. The summed E-state index contributed by atoms with van der Waals surface area (Å²) < 4.78 is 0. The summed E-state index contributed by atoms with van der Waals surface area (Å²) in [6, 6.07) is 5.45. The van der Waals surface area contributed by atoms with Crippen molar-refractivity contribution in [3.8, 4) is 0 Å². The van der Waals surface area contributed by atoms with Gasteiger partial charge in [0.2, 0.25) is 0 Å². The molecule has 0 bridgehead atoms. The van der Waals surface area contributed by atoms with E-state index in [1.165, 1.54) is 0 Å². The number of carbonyl (C=O) groups is 1. The van der Waals surface area contributed by atoms with E-state index in [1.807, 2.05) is 6.07 Å². The summed E-state index contributed by atoms with van der Waals surface area (Å²) in [4.78, 5) is 11.5. The Morgan fingerprint density at radius 1 is 1.21 bits per heavy atom. The molecule has 1 aromatic carbocycles. The molecule has 3 heteroatoms.